The van der Waals surface area contributed by atoms with Crippen molar-refractivity contribution in [2.45, 2.75) is 25.3 Å². The fraction of sp³-hybridized carbons (Fsp3) is 0.286. The monoisotopic (exact) mass is 373 g/mol. The summed E-state index contributed by atoms with van der Waals surface area (Å²) >= 11 is 5.96. The second-order valence-electron chi connectivity index (χ2n) is 6.83. The second kappa shape index (κ2) is 7.60. The summed E-state index contributed by atoms with van der Waals surface area (Å²) in [6.45, 7) is 3.50. The molecule has 1 aliphatic heterocycles. The maximum Gasteiger partial charge on any atom is 0.229 e. The van der Waals surface area contributed by atoms with Gasteiger partial charge in [0, 0.05) is 16.6 Å². The topological polar surface area (TPSA) is 49.3 Å². The Morgan fingerprint density at radius 1 is 1.31 bits per heavy atom. The number of rotatable bonds is 6. The summed E-state index contributed by atoms with van der Waals surface area (Å²) in [5.74, 6) is -0.440. The standard InChI is InChI=1S/C21H21ClFNO2/c1-2-9-21(13-25)12-17(24-20(21)26)10-14-3-5-15(6-4-14)18-11-16(22)7-8-19(18)23/h2-8,11,17,25H,1,9-10,12-13H2,(H,24,26)/t17-,21?/m1/s1. The van der Waals surface area contributed by atoms with Crippen molar-refractivity contribution in [1.29, 1.82) is 0 Å². The molecule has 5 heteroatoms. The Morgan fingerprint density at radius 3 is 2.69 bits per heavy atom. The molecule has 3 rings (SSSR count). The van der Waals surface area contributed by atoms with Crippen molar-refractivity contribution in [3.63, 3.8) is 0 Å². The average molecular weight is 374 g/mol. The normalized spacial score (nSPS) is 22.3. The lowest BCUT2D eigenvalue weighted by molar-refractivity contribution is -0.129. The number of hydrogen-bond acceptors (Lipinski definition) is 2. The lowest BCUT2D eigenvalue weighted by Crippen LogP contribution is -2.34. The summed E-state index contributed by atoms with van der Waals surface area (Å²) in [4.78, 5) is 12.3. The Balaban J connectivity index is 1.73. The van der Waals surface area contributed by atoms with Crippen LogP contribution in [0.25, 0.3) is 11.1 Å². The van der Waals surface area contributed by atoms with E-state index in [4.69, 9.17) is 11.6 Å². The summed E-state index contributed by atoms with van der Waals surface area (Å²) in [6.07, 6.45) is 3.35. The zero-order valence-corrected chi connectivity index (χ0v) is 15.1. The first kappa shape index (κ1) is 18.6. The number of aliphatic hydroxyl groups is 1. The minimum Gasteiger partial charge on any atom is -0.395 e. The lowest BCUT2D eigenvalue weighted by atomic mass is 9.81. The van der Waals surface area contributed by atoms with Gasteiger partial charge in [0.15, 0.2) is 0 Å². The van der Waals surface area contributed by atoms with Crippen LogP contribution in [0, 0.1) is 11.2 Å². The first-order chi connectivity index (χ1) is 12.5. The van der Waals surface area contributed by atoms with Gasteiger partial charge in [0.1, 0.15) is 5.82 Å². The number of benzene rings is 2. The molecule has 26 heavy (non-hydrogen) atoms. The third-order valence-corrected chi connectivity index (χ3v) is 5.20. The SMILES string of the molecule is C=CCC1(CO)C[C@@H](Cc2ccc(-c3cc(Cl)ccc3F)cc2)NC1=O. The summed E-state index contributed by atoms with van der Waals surface area (Å²) in [5, 5.41) is 13.1. The largest absolute Gasteiger partial charge is 0.395 e. The smallest absolute Gasteiger partial charge is 0.229 e. The third-order valence-electron chi connectivity index (χ3n) is 4.97. The quantitative estimate of drug-likeness (QED) is 0.748. The summed E-state index contributed by atoms with van der Waals surface area (Å²) < 4.78 is 14.0. The van der Waals surface area contributed by atoms with Crippen LogP contribution in [0.2, 0.25) is 5.02 Å². The fourth-order valence-corrected chi connectivity index (χ4v) is 3.73. The molecule has 3 nitrogen and oxygen atoms in total. The molecule has 2 aromatic rings. The van der Waals surface area contributed by atoms with Crippen LogP contribution in [0.3, 0.4) is 0 Å². The van der Waals surface area contributed by atoms with E-state index in [1.54, 1.807) is 12.1 Å². The van der Waals surface area contributed by atoms with Gasteiger partial charge in [-0.15, -0.1) is 6.58 Å². The van der Waals surface area contributed by atoms with Gasteiger partial charge in [0.05, 0.1) is 12.0 Å². The number of halogens is 2. The molecule has 1 fully saturated rings. The molecule has 2 atom stereocenters. The van der Waals surface area contributed by atoms with E-state index < -0.39 is 5.41 Å². The van der Waals surface area contributed by atoms with E-state index >= 15 is 0 Å². The zero-order valence-electron chi connectivity index (χ0n) is 14.3. The van der Waals surface area contributed by atoms with Crippen LogP contribution in [0.5, 0.6) is 0 Å². The number of hydrogen-bond donors (Lipinski definition) is 2. The third kappa shape index (κ3) is 3.67. The Hall–Kier alpha value is -2.17. The molecule has 1 aliphatic rings. The van der Waals surface area contributed by atoms with Crippen LogP contribution in [0.15, 0.2) is 55.1 Å². The van der Waals surface area contributed by atoms with Crippen LogP contribution in [-0.2, 0) is 11.2 Å². The van der Waals surface area contributed by atoms with Crippen LogP contribution >= 0.6 is 11.6 Å². The molecule has 0 spiro atoms. The minimum atomic E-state index is -0.768. The second-order valence-corrected chi connectivity index (χ2v) is 7.27. The zero-order chi connectivity index (χ0) is 18.7. The van der Waals surface area contributed by atoms with Gasteiger partial charge in [-0.2, -0.15) is 0 Å². The molecular formula is C21H21ClFNO2. The number of amides is 1. The Labute approximate surface area is 157 Å². The molecule has 1 unspecified atom stereocenters. The highest BCUT2D eigenvalue weighted by atomic mass is 35.5. The molecule has 136 valence electrons. The van der Waals surface area contributed by atoms with E-state index in [1.807, 2.05) is 24.3 Å². The maximum atomic E-state index is 14.0. The molecule has 1 saturated heterocycles. The van der Waals surface area contributed by atoms with Crippen LogP contribution in [-0.4, -0.2) is 23.7 Å². The van der Waals surface area contributed by atoms with Gasteiger partial charge < -0.3 is 10.4 Å². The van der Waals surface area contributed by atoms with Gasteiger partial charge >= 0.3 is 0 Å². The molecule has 0 aromatic heterocycles. The molecule has 0 radical (unpaired) electrons. The van der Waals surface area contributed by atoms with Gasteiger partial charge in [-0.05, 0) is 48.6 Å². The molecule has 2 N–H and O–H groups in total. The molecule has 1 amide bonds. The molecule has 0 bridgehead atoms. The molecule has 0 aliphatic carbocycles. The Morgan fingerprint density at radius 2 is 2.04 bits per heavy atom. The van der Waals surface area contributed by atoms with Crippen molar-refractivity contribution in [2.75, 3.05) is 6.61 Å². The highest BCUT2D eigenvalue weighted by molar-refractivity contribution is 6.30. The van der Waals surface area contributed by atoms with Crippen molar-refractivity contribution in [2.24, 2.45) is 5.41 Å². The number of aliphatic hydroxyl groups excluding tert-OH is 1. The van der Waals surface area contributed by atoms with E-state index in [1.165, 1.54) is 12.1 Å². The van der Waals surface area contributed by atoms with E-state index in [0.29, 0.717) is 29.8 Å². The van der Waals surface area contributed by atoms with E-state index in [-0.39, 0.29) is 24.4 Å². The van der Waals surface area contributed by atoms with Gasteiger partial charge in [0.2, 0.25) is 5.91 Å². The summed E-state index contributed by atoms with van der Waals surface area (Å²) in [6, 6.07) is 12.0. The highest BCUT2D eigenvalue weighted by Gasteiger charge is 2.45. The average Bonchev–Trinajstić information content (AvgIpc) is 2.94. The van der Waals surface area contributed by atoms with Crippen molar-refractivity contribution in [1.82, 2.24) is 5.32 Å². The van der Waals surface area contributed by atoms with Crippen LogP contribution in [0.1, 0.15) is 18.4 Å². The number of carbonyl (C=O) groups excluding carboxylic acids is 1. The first-order valence-corrected chi connectivity index (χ1v) is 8.92. The van der Waals surface area contributed by atoms with Gasteiger partial charge in [-0.3, -0.25) is 4.79 Å². The van der Waals surface area contributed by atoms with E-state index in [2.05, 4.69) is 11.9 Å². The fourth-order valence-electron chi connectivity index (χ4n) is 3.55. The molecule has 0 saturated carbocycles. The van der Waals surface area contributed by atoms with Crippen molar-refractivity contribution in [3.05, 3.63) is 71.5 Å². The van der Waals surface area contributed by atoms with Gasteiger partial charge in [-0.1, -0.05) is 41.9 Å². The van der Waals surface area contributed by atoms with E-state index in [0.717, 1.165) is 11.1 Å². The molecule has 1 heterocycles. The van der Waals surface area contributed by atoms with Gasteiger partial charge in [0.25, 0.3) is 0 Å². The van der Waals surface area contributed by atoms with E-state index in [9.17, 15) is 14.3 Å². The number of nitrogens with one attached hydrogen (secondary N) is 1. The Kier molecular flexibility index (Phi) is 5.44. The van der Waals surface area contributed by atoms with Crippen LogP contribution in [0.4, 0.5) is 4.39 Å². The minimum absolute atomic E-state index is 0.0386. The highest BCUT2D eigenvalue weighted by Crippen LogP contribution is 2.35. The lowest BCUT2D eigenvalue weighted by Gasteiger charge is -2.21. The van der Waals surface area contributed by atoms with Gasteiger partial charge in [-0.25, -0.2) is 4.39 Å². The number of allylic oxidation sites excluding steroid dienone is 1. The van der Waals surface area contributed by atoms with Crippen molar-refractivity contribution < 1.29 is 14.3 Å². The summed E-state index contributed by atoms with van der Waals surface area (Å²) in [5.41, 5.74) is 1.48. The van der Waals surface area contributed by atoms with Crippen molar-refractivity contribution in [3.8, 4) is 11.1 Å². The summed E-state index contributed by atoms with van der Waals surface area (Å²) in [7, 11) is 0. The Bertz CT molecular complexity index is 821. The molecule has 2 aromatic carbocycles. The maximum absolute atomic E-state index is 14.0. The predicted octanol–water partition coefficient (Wildman–Crippen LogP) is 4.13. The first-order valence-electron chi connectivity index (χ1n) is 8.54. The van der Waals surface area contributed by atoms with Crippen LogP contribution < -0.4 is 5.32 Å². The predicted molar refractivity (Wildman–Crippen MR) is 101 cm³/mol. The van der Waals surface area contributed by atoms with Crippen molar-refractivity contribution >= 4 is 17.5 Å². The number of carbonyl (C=O) groups is 1. The molecular weight excluding hydrogens is 353 g/mol.